The lowest BCUT2D eigenvalue weighted by Gasteiger charge is -2.24. The van der Waals surface area contributed by atoms with Crippen molar-refractivity contribution < 1.29 is 4.79 Å². The minimum Gasteiger partial charge on any atom is -0.354 e. The molecule has 4 atom stereocenters. The summed E-state index contributed by atoms with van der Waals surface area (Å²) in [4.78, 5) is 12.1. The zero-order valence-electron chi connectivity index (χ0n) is 11.6. The normalized spacial score (nSPS) is 32.9. The SMILES string of the molecule is CSCC(C)CNC(=O)C1CC2CCCCC2N1. The zero-order valence-corrected chi connectivity index (χ0v) is 12.4. The fourth-order valence-corrected chi connectivity index (χ4v) is 3.95. The van der Waals surface area contributed by atoms with Crippen molar-refractivity contribution in [2.75, 3.05) is 18.6 Å². The molecule has 4 unspecified atom stereocenters. The van der Waals surface area contributed by atoms with E-state index in [0.29, 0.717) is 12.0 Å². The molecule has 1 aliphatic carbocycles. The van der Waals surface area contributed by atoms with Crippen LogP contribution in [0.25, 0.3) is 0 Å². The topological polar surface area (TPSA) is 41.1 Å². The standard InChI is InChI=1S/C14H26N2OS/c1-10(9-18-2)8-15-14(17)13-7-11-5-3-4-6-12(11)16-13/h10-13,16H,3-9H2,1-2H3,(H,15,17). The van der Waals surface area contributed by atoms with Crippen LogP contribution in [0, 0.1) is 11.8 Å². The molecule has 2 fully saturated rings. The van der Waals surface area contributed by atoms with Gasteiger partial charge in [0.05, 0.1) is 6.04 Å². The van der Waals surface area contributed by atoms with E-state index in [-0.39, 0.29) is 11.9 Å². The number of carbonyl (C=O) groups is 1. The summed E-state index contributed by atoms with van der Waals surface area (Å²) in [6.45, 7) is 3.01. The number of amides is 1. The summed E-state index contributed by atoms with van der Waals surface area (Å²) in [5.41, 5.74) is 0. The first kappa shape index (κ1) is 14.2. The molecule has 104 valence electrons. The van der Waals surface area contributed by atoms with Crippen LogP contribution >= 0.6 is 11.8 Å². The summed E-state index contributed by atoms with van der Waals surface area (Å²) in [5, 5.41) is 6.64. The molecule has 0 aromatic heterocycles. The monoisotopic (exact) mass is 270 g/mol. The highest BCUT2D eigenvalue weighted by atomic mass is 32.2. The molecule has 4 heteroatoms. The molecule has 2 aliphatic rings. The van der Waals surface area contributed by atoms with Crippen LogP contribution < -0.4 is 10.6 Å². The molecular formula is C14H26N2OS. The van der Waals surface area contributed by atoms with Gasteiger partial charge in [-0.2, -0.15) is 11.8 Å². The van der Waals surface area contributed by atoms with Gasteiger partial charge in [0.25, 0.3) is 0 Å². The van der Waals surface area contributed by atoms with E-state index in [9.17, 15) is 4.79 Å². The predicted octanol–water partition coefficient (Wildman–Crippen LogP) is 2.02. The molecule has 1 saturated carbocycles. The molecule has 2 rings (SSSR count). The van der Waals surface area contributed by atoms with Crippen LogP contribution in [0.3, 0.4) is 0 Å². The Balaban J connectivity index is 1.73. The fraction of sp³-hybridized carbons (Fsp3) is 0.929. The van der Waals surface area contributed by atoms with Crippen LogP contribution in [-0.2, 0) is 4.79 Å². The second kappa shape index (κ2) is 6.80. The van der Waals surface area contributed by atoms with Crippen molar-refractivity contribution in [1.29, 1.82) is 0 Å². The molecule has 0 bridgehead atoms. The summed E-state index contributed by atoms with van der Waals surface area (Å²) in [6.07, 6.45) is 8.41. The van der Waals surface area contributed by atoms with Gasteiger partial charge < -0.3 is 10.6 Å². The number of hydrogen-bond donors (Lipinski definition) is 2. The summed E-state index contributed by atoms with van der Waals surface area (Å²) in [7, 11) is 0. The van der Waals surface area contributed by atoms with Crippen molar-refractivity contribution >= 4 is 17.7 Å². The van der Waals surface area contributed by atoms with Gasteiger partial charge in [-0.05, 0) is 43.1 Å². The molecule has 1 aliphatic heterocycles. The molecular weight excluding hydrogens is 244 g/mol. The van der Waals surface area contributed by atoms with Gasteiger partial charge >= 0.3 is 0 Å². The third kappa shape index (κ3) is 3.64. The van der Waals surface area contributed by atoms with Crippen LogP contribution in [-0.4, -0.2) is 36.5 Å². The van der Waals surface area contributed by atoms with Crippen LogP contribution in [0.15, 0.2) is 0 Å². The van der Waals surface area contributed by atoms with Gasteiger partial charge in [0.15, 0.2) is 0 Å². The van der Waals surface area contributed by atoms with Gasteiger partial charge in [-0.15, -0.1) is 0 Å². The van der Waals surface area contributed by atoms with Gasteiger partial charge in [0.1, 0.15) is 0 Å². The quantitative estimate of drug-likeness (QED) is 0.803. The van der Waals surface area contributed by atoms with E-state index < -0.39 is 0 Å². The van der Waals surface area contributed by atoms with Gasteiger partial charge in [-0.1, -0.05) is 19.8 Å². The number of fused-ring (bicyclic) bond motifs is 1. The smallest absolute Gasteiger partial charge is 0.237 e. The zero-order chi connectivity index (χ0) is 13.0. The maximum absolute atomic E-state index is 12.1. The predicted molar refractivity (Wildman–Crippen MR) is 77.8 cm³/mol. The lowest BCUT2D eigenvalue weighted by atomic mass is 9.85. The summed E-state index contributed by atoms with van der Waals surface area (Å²) < 4.78 is 0. The van der Waals surface area contributed by atoms with E-state index in [4.69, 9.17) is 0 Å². The summed E-state index contributed by atoms with van der Waals surface area (Å²) in [5.74, 6) is 2.65. The number of hydrogen-bond acceptors (Lipinski definition) is 3. The van der Waals surface area contributed by atoms with E-state index in [1.807, 2.05) is 11.8 Å². The molecule has 0 spiro atoms. The fourth-order valence-electron chi connectivity index (χ4n) is 3.26. The second-order valence-corrected chi connectivity index (χ2v) is 6.82. The molecule has 1 heterocycles. The van der Waals surface area contributed by atoms with Crippen molar-refractivity contribution in [2.45, 2.75) is 51.1 Å². The largest absolute Gasteiger partial charge is 0.354 e. The number of carbonyl (C=O) groups excluding carboxylic acids is 1. The van der Waals surface area contributed by atoms with Gasteiger partial charge in [-0.25, -0.2) is 0 Å². The molecule has 1 saturated heterocycles. The van der Waals surface area contributed by atoms with Crippen molar-refractivity contribution in [3.8, 4) is 0 Å². The third-order valence-corrected chi connectivity index (χ3v) is 5.16. The summed E-state index contributed by atoms with van der Waals surface area (Å²) >= 11 is 1.84. The molecule has 1 amide bonds. The molecule has 3 nitrogen and oxygen atoms in total. The van der Waals surface area contributed by atoms with E-state index in [0.717, 1.165) is 24.6 Å². The minimum atomic E-state index is 0.0691. The Morgan fingerprint density at radius 3 is 2.94 bits per heavy atom. The van der Waals surface area contributed by atoms with Gasteiger partial charge in [0, 0.05) is 12.6 Å². The van der Waals surface area contributed by atoms with Crippen LogP contribution in [0.1, 0.15) is 39.0 Å². The highest BCUT2D eigenvalue weighted by Crippen LogP contribution is 2.33. The number of rotatable bonds is 5. The Morgan fingerprint density at radius 1 is 1.44 bits per heavy atom. The maximum atomic E-state index is 12.1. The van der Waals surface area contributed by atoms with Gasteiger partial charge in [0.2, 0.25) is 5.91 Å². The number of nitrogens with one attached hydrogen (secondary N) is 2. The molecule has 0 aromatic carbocycles. The average Bonchev–Trinajstić information content (AvgIpc) is 2.80. The van der Waals surface area contributed by atoms with Gasteiger partial charge in [-0.3, -0.25) is 4.79 Å². The van der Waals surface area contributed by atoms with Crippen molar-refractivity contribution in [2.24, 2.45) is 11.8 Å². The first-order valence-electron chi connectivity index (χ1n) is 7.23. The van der Waals surface area contributed by atoms with Crippen molar-refractivity contribution in [3.63, 3.8) is 0 Å². The van der Waals surface area contributed by atoms with E-state index in [1.54, 1.807) is 0 Å². The number of thioether (sulfide) groups is 1. The summed E-state index contributed by atoms with van der Waals surface area (Å²) in [6, 6.07) is 0.678. The Labute approximate surface area is 115 Å². The average molecular weight is 270 g/mol. The van der Waals surface area contributed by atoms with E-state index >= 15 is 0 Å². The van der Waals surface area contributed by atoms with Crippen LogP contribution in [0.2, 0.25) is 0 Å². The molecule has 0 aromatic rings. The molecule has 0 radical (unpaired) electrons. The molecule has 2 N–H and O–H groups in total. The lowest BCUT2D eigenvalue weighted by molar-refractivity contribution is -0.123. The first-order valence-corrected chi connectivity index (χ1v) is 8.62. The Bertz CT molecular complexity index is 271. The second-order valence-electron chi connectivity index (χ2n) is 5.91. The maximum Gasteiger partial charge on any atom is 0.237 e. The highest BCUT2D eigenvalue weighted by Gasteiger charge is 2.37. The first-order chi connectivity index (χ1) is 8.70. The highest BCUT2D eigenvalue weighted by molar-refractivity contribution is 7.98. The minimum absolute atomic E-state index is 0.0691. The third-order valence-electron chi connectivity index (χ3n) is 4.26. The van der Waals surface area contributed by atoms with Crippen LogP contribution in [0.4, 0.5) is 0 Å². The van der Waals surface area contributed by atoms with Crippen LogP contribution in [0.5, 0.6) is 0 Å². The van der Waals surface area contributed by atoms with E-state index in [2.05, 4.69) is 23.8 Å². The Hall–Kier alpha value is -0.220. The Morgan fingerprint density at radius 2 is 2.22 bits per heavy atom. The lowest BCUT2D eigenvalue weighted by Crippen LogP contribution is -2.44. The van der Waals surface area contributed by atoms with Crippen molar-refractivity contribution in [3.05, 3.63) is 0 Å². The van der Waals surface area contributed by atoms with Crippen molar-refractivity contribution in [1.82, 2.24) is 10.6 Å². The Kier molecular flexibility index (Phi) is 5.37. The molecule has 18 heavy (non-hydrogen) atoms. The van der Waals surface area contributed by atoms with E-state index in [1.165, 1.54) is 25.7 Å².